The van der Waals surface area contributed by atoms with Gasteiger partial charge in [-0.1, -0.05) is 12.8 Å². The fourth-order valence-electron chi connectivity index (χ4n) is 2.70. The molecule has 2 rings (SSSR count). The zero-order valence-corrected chi connectivity index (χ0v) is 12.8. The summed E-state index contributed by atoms with van der Waals surface area (Å²) >= 11 is 0. The van der Waals surface area contributed by atoms with Crippen molar-refractivity contribution in [3.05, 3.63) is 29.8 Å². The van der Waals surface area contributed by atoms with Gasteiger partial charge in [0.25, 0.3) is 0 Å². The molecular formula is C16H19F3N2O2. The van der Waals surface area contributed by atoms with Crippen LogP contribution in [-0.2, 0) is 15.8 Å². The maximum atomic E-state index is 12.6. The van der Waals surface area contributed by atoms with Gasteiger partial charge in [-0.15, -0.1) is 0 Å². The van der Waals surface area contributed by atoms with Crippen LogP contribution in [0.3, 0.4) is 0 Å². The Morgan fingerprint density at radius 3 is 2.22 bits per heavy atom. The molecule has 1 aromatic rings. The van der Waals surface area contributed by atoms with Crippen molar-refractivity contribution in [2.24, 2.45) is 0 Å². The van der Waals surface area contributed by atoms with Crippen molar-refractivity contribution < 1.29 is 22.8 Å². The first-order valence-electron chi connectivity index (χ1n) is 7.52. The molecule has 0 heterocycles. The molecule has 0 spiro atoms. The van der Waals surface area contributed by atoms with Gasteiger partial charge in [-0.3, -0.25) is 9.59 Å². The normalized spacial score (nSPS) is 15.5. The van der Waals surface area contributed by atoms with E-state index in [0.717, 1.165) is 37.8 Å². The third-order valence-corrected chi connectivity index (χ3v) is 3.91. The van der Waals surface area contributed by atoms with Crippen LogP contribution in [0.5, 0.6) is 0 Å². The second-order valence-corrected chi connectivity index (χ2v) is 5.70. The average Bonchev–Trinajstić information content (AvgIpc) is 2.96. The monoisotopic (exact) mass is 328 g/mol. The topological polar surface area (TPSA) is 49.4 Å². The Labute approximate surface area is 132 Å². The van der Waals surface area contributed by atoms with Crippen LogP contribution in [-0.4, -0.2) is 24.4 Å². The first kappa shape index (κ1) is 17.3. The Morgan fingerprint density at radius 2 is 1.74 bits per heavy atom. The highest BCUT2D eigenvalue weighted by molar-refractivity contribution is 5.97. The fourth-order valence-corrected chi connectivity index (χ4v) is 2.70. The number of anilines is 1. The fraction of sp³-hybridized carbons (Fsp3) is 0.500. The van der Waals surface area contributed by atoms with E-state index >= 15 is 0 Å². The molecule has 1 saturated carbocycles. The molecule has 4 nitrogen and oxygen atoms in total. The molecule has 23 heavy (non-hydrogen) atoms. The van der Waals surface area contributed by atoms with Crippen molar-refractivity contribution in [1.29, 1.82) is 0 Å². The molecule has 0 radical (unpaired) electrons. The molecule has 0 atom stereocenters. The first-order chi connectivity index (χ1) is 10.8. The number of carbonyl (C=O) groups excluding carboxylic acids is 2. The van der Waals surface area contributed by atoms with Crippen LogP contribution >= 0.6 is 0 Å². The maximum Gasteiger partial charge on any atom is 0.416 e. The summed E-state index contributed by atoms with van der Waals surface area (Å²) in [5.41, 5.74) is -0.521. The number of amides is 2. The SMILES string of the molecule is CC(=O)N(CC(=O)NC1CCCC1)c1ccc(C(F)(F)F)cc1. The van der Waals surface area contributed by atoms with E-state index in [1.807, 2.05) is 0 Å². The number of nitrogens with one attached hydrogen (secondary N) is 1. The molecule has 0 unspecified atom stereocenters. The van der Waals surface area contributed by atoms with Crippen molar-refractivity contribution in [2.45, 2.75) is 44.8 Å². The van der Waals surface area contributed by atoms with Crippen LogP contribution in [0, 0.1) is 0 Å². The molecule has 7 heteroatoms. The lowest BCUT2D eigenvalue weighted by atomic mass is 10.2. The summed E-state index contributed by atoms with van der Waals surface area (Å²) in [7, 11) is 0. The van der Waals surface area contributed by atoms with Gasteiger partial charge in [-0.25, -0.2) is 0 Å². The minimum Gasteiger partial charge on any atom is -0.352 e. The molecular weight excluding hydrogens is 309 g/mol. The average molecular weight is 328 g/mol. The number of nitrogens with zero attached hydrogens (tertiary/aromatic N) is 1. The Kier molecular flexibility index (Phi) is 5.28. The number of carbonyl (C=O) groups is 2. The van der Waals surface area contributed by atoms with Crippen LogP contribution in [0.15, 0.2) is 24.3 Å². The molecule has 1 N–H and O–H groups in total. The van der Waals surface area contributed by atoms with E-state index < -0.39 is 17.6 Å². The lowest BCUT2D eigenvalue weighted by Crippen LogP contribution is -2.43. The van der Waals surface area contributed by atoms with E-state index in [1.165, 1.54) is 24.0 Å². The van der Waals surface area contributed by atoms with Crippen LogP contribution in [0.4, 0.5) is 18.9 Å². The van der Waals surface area contributed by atoms with E-state index in [2.05, 4.69) is 5.32 Å². The summed E-state index contributed by atoms with van der Waals surface area (Å²) in [6, 6.07) is 4.34. The van der Waals surface area contributed by atoms with Crippen molar-refractivity contribution in [3.8, 4) is 0 Å². The van der Waals surface area contributed by atoms with Crippen LogP contribution in [0.2, 0.25) is 0 Å². The molecule has 2 amide bonds. The number of benzene rings is 1. The highest BCUT2D eigenvalue weighted by Crippen LogP contribution is 2.30. The minimum absolute atomic E-state index is 0.129. The van der Waals surface area contributed by atoms with Crippen molar-refractivity contribution in [2.75, 3.05) is 11.4 Å². The molecule has 1 aromatic carbocycles. The number of hydrogen-bond donors (Lipinski definition) is 1. The standard InChI is InChI=1S/C16H19F3N2O2/c1-11(22)21(10-15(23)20-13-4-2-3-5-13)14-8-6-12(7-9-14)16(17,18)19/h6-9,13H,2-5,10H2,1H3,(H,20,23). The number of rotatable bonds is 4. The Bertz CT molecular complexity index is 564. The summed E-state index contributed by atoms with van der Waals surface area (Å²) in [6.07, 6.45) is -0.446. The summed E-state index contributed by atoms with van der Waals surface area (Å²) in [5, 5.41) is 2.86. The van der Waals surface area contributed by atoms with E-state index in [9.17, 15) is 22.8 Å². The highest BCUT2D eigenvalue weighted by Gasteiger charge is 2.30. The Balaban J connectivity index is 2.05. The molecule has 0 aliphatic heterocycles. The van der Waals surface area contributed by atoms with Gasteiger partial charge >= 0.3 is 6.18 Å². The van der Waals surface area contributed by atoms with Crippen LogP contribution < -0.4 is 10.2 Å². The van der Waals surface area contributed by atoms with E-state index in [4.69, 9.17) is 0 Å². The van der Waals surface area contributed by atoms with Gasteiger partial charge in [0.05, 0.1) is 5.56 Å². The summed E-state index contributed by atoms with van der Waals surface area (Å²) in [6.45, 7) is 1.08. The molecule has 1 fully saturated rings. The van der Waals surface area contributed by atoms with Gasteiger partial charge in [0.1, 0.15) is 6.54 Å². The maximum absolute atomic E-state index is 12.6. The van der Waals surface area contributed by atoms with Gasteiger partial charge in [-0.2, -0.15) is 13.2 Å². The summed E-state index contributed by atoms with van der Waals surface area (Å²) < 4.78 is 37.7. The van der Waals surface area contributed by atoms with E-state index in [-0.39, 0.29) is 24.2 Å². The predicted molar refractivity (Wildman–Crippen MR) is 79.9 cm³/mol. The molecule has 126 valence electrons. The third-order valence-electron chi connectivity index (χ3n) is 3.91. The molecule has 1 aliphatic carbocycles. The van der Waals surface area contributed by atoms with Crippen molar-refractivity contribution >= 4 is 17.5 Å². The van der Waals surface area contributed by atoms with Crippen LogP contribution in [0.1, 0.15) is 38.2 Å². The molecule has 1 aliphatic rings. The van der Waals surface area contributed by atoms with Crippen molar-refractivity contribution in [1.82, 2.24) is 5.32 Å². The first-order valence-corrected chi connectivity index (χ1v) is 7.52. The number of hydrogen-bond acceptors (Lipinski definition) is 2. The van der Waals surface area contributed by atoms with E-state index in [1.54, 1.807) is 0 Å². The summed E-state index contributed by atoms with van der Waals surface area (Å²) in [4.78, 5) is 24.9. The second kappa shape index (κ2) is 7.02. The quantitative estimate of drug-likeness (QED) is 0.923. The van der Waals surface area contributed by atoms with Gasteiger partial charge < -0.3 is 10.2 Å². The van der Waals surface area contributed by atoms with Gasteiger partial charge in [0, 0.05) is 18.7 Å². The number of alkyl halides is 3. The Hall–Kier alpha value is -2.05. The Morgan fingerprint density at radius 1 is 1.17 bits per heavy atom. The smallest absolute Gasteiger partial charge is 0.352 e. The largest absolute Gasteiger partial charge is 0.416 e. The zero-order valence-electron chi connectivity index (χ0n) is 12.8. The third kappa shape index (κ3) is 4.71. The van der Waals surface area contributed by atoms with Crippen LogP contribution in [0.25, 0.3) is 0 Å². The zero-order chi connectivity index (χ0) is 17.0. The van der Waals surface area contributed by atoms with Gasteiger partial charge in [-0.05, 0) is 37.1 Å². The predicted octanol–water partition coefficient (Wildman–Crippen LogP) is 3.12. The van der Waals surface area contributed by atoms with Crippen molar-refractivity contribution in [3.63, 3.8) is 0 Å². The lowest BCUT2D eigenvalue weighted by molar-refractivity contribution is -0.137. The molecule has 0 bridgehead atoms. The highest BCUT2D eigenvalue weighted by atomic mass is 19.4. The second-order valence-electron chi connectivity index (χ2n) is 5.70. The number of halogens is 3. The van der Waals surface area contributed by atoms with Gasteiger partial charge in [0.2, 0.25) is 11.8 Å². The van der Waals surface area contributed by atoms with Gasteiger partial charge in [0.15, 0.2) is 0 Å². The summed E-state index contributed by atoms with van der Waals surface area (Å²) in [5.74, 6) is -0.696. The van der Waals surface area contributed by atoms with E-state index in [0.29, 0.717) is 0 Å². The molecule has 0 saturated heterocycles. The molecule has 0 aromatic heterocycles. The lowest BCUT2D eigenvalue weighted by Gasteiger charge is -2.22. The minimum atomic E-state index is -4.43.